The molecule has 0 atom stereocenters. The molecular formula is C5H7N2S+. The smallest absolute Gasteiger partial charge is 0.103 e. The second-order valence-electron chi connectivity index (χ2n) is 1.44. The summed E-state index contributed by atoms with van der Waals surface area (Å²) < 4.78 is 3.81. The van der Waals surface area contributed by atoms with Crippen molar-refractivity contribution in [2.24, 2.45) is 0 Å². The van der Waals surface area contributed by atoms with Crippen molar-refractivity contribution in [3.05, 3.63) is 23.7 Å². The summed E-state index contributed by atoms with van der Waals surface area (Å²) in [6, 6.07) is 0. The second-order valence-corrected chi connectivity index (χ2v) is 2.07. The van der Waals surface area contributed by atoms with Crippen LogP contribution < -0.4 is 5.10 Å². The zero-order valence-electron chi connectivity index (χ0n) is 4.42. The van der Waals surface area contributed by atoms with E-state index in [1.165, 1.54) is 11.5 Å². The zero-order chi connectivity index (χ0) is 5.82. The van der Waals surface area contributed by atoms with Gasteiger partial charge in [0.2, 0.25) is 5.69 Å². The van der Waals surface area contributed by atoms with E-state index in [9.17, 15) is 0 Å². The third-order valence-electron chi connectivity index (χ3n) is 0.801. The summed E-state index contributed by atoms with van der Waals surface area (Å²) in [6.07, 6.45) is 2.73. The molecule has 0 fully saturated rings. The Bertz CT molecular complexity index is 157. The van der Waals surface area contributed by atoms with Crippen molar-refractivity contribution in [1.82, 2.24) is 4.49 Å². The van der Waals surface area contributed by atoms with Crippen LogP contribution in [0.4, 0.5) is 0 Å². The lowest BCUT2D eigenvalue weighted by Crippen LogP contribution is -2.06. The van der Waals surface area contributed by atoms with Gasteiger partial charge in [0.1, 0.15) is 0 Å². The highest BCUT2D eigenvalue weighted by molar-refractivity contribution is 7.03. The van der Waals surface area contributed by atoms with Gasteiger partial charge in [-0.1, -0.05) is 11.2 Å². The maximum absolute atomic E-state index is 3.81. The molecule has 8 heavy (non-hydrogen) atoms. The molecule has 0 amide bonds. The highest BCUT2D eigenvalue weighted by Crippen LogP contribution is 1.92. The summed E-state index contributed by atoms with van der Waals surface area (Å²) in [5.41, 5.74) is 1.13. The number of H-pyrrole nitrogens is 1. The number of nitrogens with zero attached hydrogens (tertiary/aromatic N) is 1. The third kappa shape index (κ3) is 1.13. The molecule has 0 aliphatic carbocycles. The van der Waals surface area contributed by atoms with Crippen LogP contribution in [0, 0.1) is 0 Å². The van der Waals surface area contributed by atoms with Crippen molar-refractivity contribution >= 4 is 11.5 Å². The molecule has 0 aliphatic heterocycles. The summed E-state index contributed by atoms with van der Waals surface area (Å²) in [6.45, 7) is 3.59. The van der Waals surface area contributed by atoms with Crippen LogP contribution >= 0.6 is 11.5 Å². The Morgan fingerprint density at radius 2 is 2.88 bits per heavy atom. The zero-order valence-corrected chi connectivity index (χ0v) is 5.24. The fourth-order valence-corrected chi connectivity index (χ4v) is 0.949. The van der Waals surface area contributed by atoms with E-state index in [4.69, 9.17) is 0 Å². The number of allylic oxidation sites excluding steroid dienone is 1. The van der Waals surface area contributed by atoms with E-state index in [0.29, 0.717) is 0 Å². The van der Waals surface area contributed by atoms with Crippen molar-refractivity contribution in [3.8, 4) is 0 Å². The molecule has 0 spiro atoms. The third-order valence-corrected chi connectivity index (χ3v) is 1.39. The van der Waals surface area contributed by atoms with E-state index in [-0.39, 0.29) is 0 Å². The van der Waals surface area contributed by atoms with Crippen LogP contribution in [0.15, 0.2) is 18.0 Å². The van der Waals surface area contributed by atoms with Gasteiger partial charge in [-0.2, -0.15) is 0 Å². The van der Waals surface area contributed by atoms with Crippen molar-refractivity contribution in [1.29, 1.82) is 0 Å². The molecule has 3 heteroatoms. The summed E-state index contributed by atoms with van der Waals surface area (Å²) in [5.74, 6) is 0. The predicted octanol–water partition coefficient (Wildman–Crippen LogP) is 0.686. The van der Waals surface area contributed by atoms with Crippen LogP contribution in [-0.4, -0.2) is 4.49 Å². The Kier molecular flexibility index (Phi) is 1.75. The van der Waals surface area contributed by atoms with E-state index in [1.54, 1.807) is 0 Å². The van der Waals surface area contributed by atoms with Crippen LogP contribution in [-0.2, 0) is 6.42 Å². The van der Waals surface area contributed by atoms with E-state index < -0.39 is 0 Å². The lowest BCUT2D eigenvalue weighted by Gasteiger charge is -1.71. The molecule has 0 saturated heterocycles. The average molecular weight is 127 g/mol. The van der Waals surface area contributed by atoms with Crippen LogP contribution in [0.2, 0.25) is 0 Å². The molecule has 0 bridgehead atoms. The minimum atomic E-state index is 0.885. The molecule has 0 aromatic carbocycles. The molecule has 1 N–H and O–H groups in total. The lowest BCUT2D eigenvalue weighted by molar-refractivity contribution is -0.453. The Labute approximate surface area is 52.0 Å². The van der Waals surface area contributed by atoms with E-state index in [1.807, 2.05) is 11.5 Å². The summed E-state index contributed by atoms with van der Waals surface area (Å²) in [7, 11) is 0. The molecule has 42 valence electrons. The van der Waals surface area contributed by atoms with Gasteiger partial charge in [0.05, 0.1) is 16.3 Å². The van der Waals surface area contributed by atoms with Crippen molar-refractivity contribution in [2.75, 3.05) is 0 Å². The van der Waals surface area contributed by atoms with Crippen LogP contribution in [0.1, 0.15) is 5.69 Å². The quantitative estimate of drug-likeness (QED) is 0.537. The molecule has 0 aliphatic rings. The Morgan fingerprint density at radius 3 is 3.38 bits per heavy atom. The van der Waals surface area contributed by atoms with Crippen molar-refractivity contribution < 1.29 is 5.10 Å². The summed E-state index contributed by atoms with van der Waals surface area (Å²) in [4.78, 5) is 0. The van der Waals surface area contributed by atoms with Gasteiger partial charge in [-0.05, 0) is 0 Å². The standard InChI is InChI=1S/C5H6N2S/c1-2-3-5-4-8-7-6-5/h2,4H,1,3H2/p+1. The summed E-state index contributed by atoms with van der Waals surface area (Å²) in [5, 5.41) is 4.81. The molecular weight excluding hydrogens is 120 g/mol. The first-order valence-corrected chi connectivity index (χ1v) is 3.19. The monoisotopic (exact) mass is 127 g/mol. The maximum atomic E-state index is 3.81. The maximum Gasteiger partial charge on any atom is 0.222 e. The average Bonchev–Trinajstić information content (AvgIpc) is 2.19. The van der Waals surface area contributed by atoms with Crippen LogP contribution in [0.25, 0.3) is 0 Å². The normalized spacial score (nSPS) is 9.00. The largest absolute Gasteiger partial charge is 0.222 e. The van der Waals surface area contributed by atoms with Crippen LogP contribution in [0.5, 0.6) is 0 Å². The number of aromatic amines is 1. The number of aromatic nitrogens is 2. The first-order valence-electron chi connectivity index (χ1n) is 2.35. The molecule has 0 radical (unpaired) electrons. The highest BCUT2D eigenvalue weighted by atomic mass is 32.1. The van der Waals surface area contributed by atoms with Crippen molar-refractivity contribution in [2.45, 2.75) is 6.42 Å². The minimum Gasteiger partial charge on any atom is -0.103 e. The highest BCUT2D eigenvalue weighted by Gasteiger charge is 1.96. The summed E-state index contributed by atoms with van der Waals surface area (Å²) >= 11 is 1.43. The first-order chi connectivity index (χ1) is 3.93. The fourth-order valence-electron chi connectivity index (χ4n) is 0.451. The van der Waals surface area contributed by atoms with Gasteiger partial charge in [0.25, 0.3) is 0 Å². The predicted molar refractivity (Wildman–Crippen MR) is 32.6 cm³/mol. The number of rotatable bonds is 2. The SMILES string of the molecule is C=CCc1csn[nH+]1. The molecule has 0 saturated carbocycles. The van der Waals surface area contributed by atoms with E-state index in [0.717, 1.165) is 12.1 Å². The van der Waals surface area contributed by atoms with Crippen LogP contribution in [0.3, 0.4) is 0 Å². The molecule has 1 heterocycles. The van der Waals surface area contributed by atoms with Gasteiger partial charge in [0, 0.05) is 11.5 Å². The molecule has 2 nitrogen and oxygen atoms in total. The molecule has 1 aromatic rings. The Hall–Kier alpha value is -0.700. The van der Waals surface area contributed by atoms with Gasteiger partial charge in [-0.25, -0.2) is 0 Å². The van der Waals surface area contributed by atoms with Gasteiger partial charge in [-0.3, -0.25) is 0 Å². The molecule has 1 aromatic heterocycles. The minimum absolute atomic E-state index is 0.885. The Balaban J connectivity index is 2.62. The van der Waals surface area contributed by atoms with Gasteiger partial charge in [0.15, 0.2) is 0 Å². The van der Waals surface area contributed by atoms with E-state index in [2.05, 4.69) is 16.2 Å². The second kappa shape index (κ2) is 2.57. The first kappa shape index (κ1) is 5.44. The number of nitrogens with one attached hydrogen (secondary N) is 1. The lowest BCUT2D eigenvalue weighted by atomic mass is 10.3. The Morgan fingerprint density at radius 1 is 2.00 bits per heavy atom. The molecule has 1 rings (SSSR count). The van der Waals surface area contributed by atoms with Crippen molar-refractivity contribution in [3.63, 3.8) is 0 Å². The number of hydrogen-bond donors (Lipinski definition) is 0. The van der Waals surface area contributed by atoms with Gasteiger partial charge >= 0.3 is 0 Å². The number of hydrogen-bond acceptors (Lipinski definition) is 2. The van der Waals surface area contributed by atoms with E-state index >= 15 is 0 Å². The van der Waals surface area contributed by atoms with Gasteiger partial charge < -0.3 is 0 Å². The molecule has 0 unspecified atom stereocenters. The fraction of sp³-hybridized carbons (Fsp3) is 0.200. The topological polar surface area (TPSA) is 27.0 Å². The van der Waals surface area contributed by atoms with Gasteiger partial charge in [-0.15, -0.1) is 6.58 Å².